The smallest absolute Gasteiger partial charge is 0.243 e. The van der Waals surface area contributed by atoms with E-state index in [1.54, 1.807) is 0 Å². The number of ether oxygens (including phenoxy) is 1. The molecule has 17 heavy (non-hydrogen) atoms. The zero-order chi connectivity index (χ0) is 12.5. The molecule has 1 amide bonds. The first-order chi connectivity index (χ1) is 8.07. The van der Waals surface area contributed by atoms with Crippen molar-refractivity contribution in [1.29, 1.82) is 0 Å². The second kappa shape index (κ2) is 4.94. The van der Waals surface area contributed by atoms with Crippen LogP contribution in [0.1, 0.15) is 46.5 Å². The number of carbonyl (C=O) groups excluding carboxylic acids is 1. The number of nitrogens with one attached hydrogen (secondary N) is 1. The van der Waals surface area contributed by atoms with Gasteiger partial charge in [-0.25, -0.2) is 0 Å². The fourth-order valence-electron chi connectivity index (χ4n) is 2.80. The fourth-order valence-corrected chi connectivity index (χ4v) is 2.80. The molecular weight excluding hydrogens is 216 g/mol. The van der Waals surface area contributed by atoms with Crippen LogP contribution in [0.15, 0.2) is 0 Å². The van der Waals surface area contributed by atoms with Crippen molar-refractivity contribution in [1.82, 2.24) is 10.2 Å². The summed E-state index contributed by atoms with van der Waals surface area (Å²) >= 11 is 0. The molecule has 0 saturated carbocycles. The first-order valence-corrected chi connectivity index (χ1v) is 6.77. The molecule has 4 heteroatoms. The van der Waals surface area contributed by atoms with E-state index in [4.69, 9.17) is 4.74 Å². The van der Waals surface area contributed by atoms with E-state index in [2.05, 4.69) is 19.2 Å². The molecule has 0 aromatic rings. The van der Waals surface area contributed by atoms with E-state index in [1.165, 1.54) is 6.42 Å². The topological polar surface area (TPSA) is 41.6 Å². The highest BCUT2D eigenvalue weighted by Crippen LogP contribution is 2.24. The van der Waals surface area contributed by atoms with Gasteiger partial charge in [-0.15, -0.1) is 0 Å². The Bertz CT molecular complexity index is 289. The van der Waals surface area contributed by atoms with E-state index < -0.39 is 0 Å². The van der Waals surface area contributed by atoms with Crippen molar-refractivity contribution in [2.45, 2.75) is 64.3 Å². The Morgan fingerprint density at radius 2 is 2.35 bits per heavy atom. The Kier molecular flexibility index (Phi) is 3.73. The van der Waals surface area contributed by atoms with Gasteiger partial charge in [-0.3, -0.25) is 10.1 Å². The summed E-state index contributed by atoms with van der Waals surface area (Å²) in [5.74, 6) is 0.241. The lowest BCUT2D eigenvalue weighted by Crippen LogP contribution is -2.43. The van der Waals surface area contributed by atoms with Crippen LogP contribution in [-0.2, 0) is 9.53 Å². The number of hydrogen-bond acceptors (Lipinski definition) is 3. The highest BCUT2D eigenvalue weighted by atomic mass is 16.5. The maximum absolute atomic E-state index is 12.3. The van der Waals surface area contributed by atoms with Crippen molar-refractivity contribution in [2.75, 3.05) is 13.2 Å². The average Bonchev–Trinajstić information content (AvgIpc) is 2.87. The Balaban J connectivity index is 1.89. The highest BCUT2D eigenvalue weighted by Gasteiger charge is 2.44. The van der Waals surface area contributed by atoms with Crippen LogP contribution in [0.3, 0.4) is 0 Å². The van der Waals surface area contributed by atoms with Crippen LogP contribution in [-0.4, -0.2) is 41.8 Å². The quantitative estimate of drug-likeness (QED) is 0.809. The van der Waals surface area contributed by atoms with E-state index in [-0.39, 0.29) is 17.6 Å². The van der Waals surface area contributed by atoms with Crippen LogP contribution in [0, 0.1) is 0 Å². The largest absolute Gasteiger partial charge is 0.378 e. The van der Waals surface area contributed by atoms with Crippen LogP contribution in [0.2, 0.25) is 0 Å². The molecule has 2 fully saturated rings. The van der Waals surface area contributed by atoms with Gasteiger partial charge in [-0.05, 0) is 39.5 Å². The Morgan fingerprint density at radius 1 is 1.59 bits per heavy atom. The van der Waals surface area contributed by atoms with Crippen molar-refractivity contribution >= 4 is 5.91 Å². The molecule has 0 aromatic heterocycles. The lowest BCUT2D eigenvalue weighted by Gasteiger charge is -2.23. The summed E-state index contributed by atoms with van der Waals surface area (Å²) in [5.41, 5.74) is -0.365. The van der Waals surface area contributed by atoms with E-state index in [1.807, 2.05) is 11.8 Å². The van der Waals surface area contributed by atoms with Crippen molar-refractivity contribution < 1.29 is 9.53 Å². The highest BCUT2D eigenvalue weighted by molar-refractivity contribution is 5.88. The van der Waals surface area contributed by atoms with E-state index in [0.29, 0.717) is 6.10 Å². The zero-order valence-electron chi connectivity index (χ0n) is 11.2. The van der Waals surface area contributed by atoms with Crippen molar-refractivity contribution in [3.05, 3.63) is 0 Å². The van der Waals surface area contributed by atoms with Gasteiger partial charge in [0.15, 0.2) is 0 Å². The summed E-state index contributed by atoms with van der Waals surface area (Å²) in [5, 5.41) is 3.39. The van der Waals surface area contributed by atoms with Gasteiger partial charge in [0, 0.05) is 13.2 Å². The van der Waals surface area contributed by atoms with Gasteiger partial charge < -0.3 is 9.64 Å². The van der Waals surface area contributed by atoms with Crippen molar-refractivity contribution in [3.8, 4) is 0 Å². The molecule has 0 aromatic carbocycles. The summed E-state index contributed by atoms with van der Waals surface area (Å²) in [4.78, 5) is 14.3. The van der Waals surface area contributed by atoms with Crippen LogP contribution in [0.25, 0.3) is 0 Å². The predicted octanol–water partition coefficient (Wildman–Crippen LogP) is 1.50. The van der Waals surface area contributed by atoms with E-state index >= 15 is 0 Å². The molecule has 0 spiro atoms. The Labute approximate surface area is 104 Å². The van der Waals surface area contributed by atoms with Crippen LogP contribution >= 0.6 is 0 Å². The third-order valence-electron chi connectivity index (χ3n) is 4.15. The van der Waals surface area contributed by atoms with Crippen molar-refractivity contribution in [2.24, 2.45) is 0 Å². The van der Waals surface area contributed by atoms with Gasteiger partial charge in [0.25, 0.3) is 0 Å². The molecule has 2 rings (SSSR count). The first kappa shape index (κ1) is 12.8. The maximum Gasteiger partial charge on any atom is 0.243 e. The van der Waals surface area contributed by atoms with E-state index in [0.717, 1.165) is 32.4 Å². The molecule has 0 aliphatic carbocycles. The second-order valence-corrected chi connectivity index (χ2v) is 5.43. The summed E-state index contributed by atoms with van der Waals surface area (Å²) in [7, 11) is 0. The molecule has 2 aliphatic heterocycles. The van der Waals surface area contributed by atoms with Gasteiger partial charge in [0.1, 0.15) is 0 Å². The maximum atomic E-state index is 12.3. The number of rotatable bonds is 4. The minimum Gasteiger partial charge on any atom is -0.378 e. The third-order valence-corrected chi connectivity index (χ3v) is 4.15. The van der Waals surface area contributed by atoms with Gasteiger partial charge in [0.2, 0.25) is 5.91 Å². The second-order valence-electron chi connectivity index (χ2n) is 5.43. The standard InChI is InChI=1S/C13H24N2O2/c1-4-13(3)12(16)15(10(2)14-13)8-7-11-6-5-9-17-11/h10-11,14H,4-9H2,1-3H3. The molecule has 1 N–H and O–H groups in total. The molecule has 0 radical (unpaired) electrons. The molecular formula is C13H24N2O2. The molecule has 2 aliphatic rings. The van der Waals surface area contributed by atoms with Crippen molar-refractivity contribution in [3.63, 3.8) is 0 Å². The summed E-state index contributed by atoms with van der Waals surface area (Å²) in [6, 6.07) is 0. The fraction of sp³-hybridized carbons (Fsp3) is 0.923. The molecule has 0 bridgehead atoms. The molecule has 4 nitrogen and oxygen atoms in total. The molecule has 98 valence electrons. The minimum absolute atomic E-state index is 0.147. The monoisotopic (exact) mass is 240 g/mol. The van der Waals surface area contributed by atoms with Crippen LogP contribution in [0.5, 0.6) is 0 Å². The molecule has 2 saturated heterocycles. The van der Waals surface area contributed by atoms with E-state index in [9.17, 15) is 4.79 Å². The summed E-state index contributed by atoms with van der Waals surface area (Å²) in [6.45, 7) is 7.82. The third kappa shape index (κ3) is 2.47. The zero-order valence-corrected chi connectivity index (χ0v) is 11.2. The molecule has 3 atom stereocenters. The Hall–Kier alpha value is -0.610. The SMILES string of the molecule is CCC1(C)NC(C)N(CCC2CCCO2)C1=O. The van der Waals surface area contributed by atoms with Crippen LogP contribution < -0.4 is 5.32 Å². The normalized spacial score (nSPS) is 38.1. The van der Waals surface area contributed by atoms with Gasteiger partial charge >= 0.3 is 0 Å². The minimum atomic E-state index is -0.365. The number of hydrogen-bond donors (Lipinski definition) is 1. The summed E-state index contributed by atoms with van der Waals surface area (Å²) < 4.78 is 5.60. The van der Waals surface area contributed by atoms with Gasteiger partial charge in [-0.2, -0.15) is 0 Å². The lowest BCUT2D eigenvalue weighted by atomic mass is 9.99. The van der Waals surface area contributed by atoms with Gasteiger partial charge in [-0.1, -0.05) is 6.92 Å². The van der Waals surface area contributed by atoms with Gasteiger partial charge in [0.05, 0.1) is 17.8 Å². The predicted molar refractivity (Wildman–Crippen MR) is 66.6 cm³/mol. The van der Waals surface area contributed by atoms with Crippen LogP contribution in [0.4, 0.5) is 0 Å². The molecule has 3 unspecified atom stereocenters. The summed E-state index contributed by atoms with van der Waals surface area (Å²) in [6.07, 6.45) is 4.63. The Morgan fingerprint density at radius 3 is 2.88 bits per heavy atom. The number of amides is 1. The number of nitrogens with zero attached hydrogens (tertiary/aromatic N) is 1. The number of carbonyl (C=O) groups is 1. The average molecular weight is 240 g/mol. The first-order valence-electron chi connectivity index (χ1n) is 6.77. The molecule has 2 heterocycles. The lowest BCUT2D eigenvalue weighted by molar-refractivity contribution is -0.133.